The van der Waals surface area contributed by atoms with Crippen LogP contribution in [-0.4, -0.2) is 150 Å². The zero-order valence-corrected chi connectivity index (χ0v) is 74.6. The summed E-state index contributed by atoms with van der Waals surface area (Å²) in [6.45, 7) is 12.6. The van der Waals surface area contributed by atoms with Crippen LogP contribution in [0.2, 0.25) is 0 Å². The van der Waals surface area contributed by atoms with Crippen LogP contribution in [0.4, 0.5) is 9.59 Å². The number of nitrogens with two attached hydrogens (primary N) is 1. The smallest absolute Gasteiger partial charge is 0.419 e. The number of aromatic nitrogens is 1. The molecule has 0 aliphatic heterocycles. The molecule has 27 heteroatoms. The Bertz CT molecular complexity index is 5300. The summed E-state index contributed by atoms with van der Waals surface area (Å²) in [5.74, 6) is -7.87. The average Bonchev–Trinajstić information content (AvgIpc) is 1.17. The molecule has 4 unspecified atom stereocenters. The van der Waals surface area contributed by atoms with Gasteiger partial charge in [0.1, 0.15) is 65.6 Å². The molecule has 1 aromatic heterocycles. The predicted molar refractivity (Wildman–Crippen MR) is 497 cm³/mol. The maximum Gasteiger partial charge on any atom is 0.419 e. The molecule has 668 valence electrons. The monoisotopic (exact) mass is 1750 g/mol. The molecule has 0 spiro atoms. The highest BCUT2D eigenvalue weighted by Crippen LogP contribution is 2.45. The van der Waals surface area contributed by atoms with Crippen LogP contribution < -0.4 is 64.2 Å². The van der Waals surface area contributed by atoms with Crippen molar-refractivity contribution in [2.45, 2.75) is 159 Å². The number of benzene rings is 9. The Labute approximate surface area is 751 Å². The number of alkyl carbamates (subject to hydrolysis) is 1. The number of carbonyl (C=O) groups is 11. The Balaban J connectivity index is 0.855. The van der Waals surface area contributed by atoms with E-state index in [4.69, 9.17) is 15.2 Å². The Morgan fingerprint density at radius 2 is 0.945 bits per heavy atom. The standard InChI is InChI=1S/C101H115N13O13S/c1-64(2)57-83(94(121)108-81(90(102)117)55-56-128-10)109-95(122)85(59-74(103-9)60-105-100(68-35-17-11-18-36-68,69-37-19-12-20-38-69)70-39-21-13-22-40-70)107-88(116)61-104-96(123)89(65(3)4)112-91(118)66(5)106-93(120)84(58-67-62-114(98(125)127-99(6,7)8)86-52-34-33-47-75(67)86)110-92(119)82(111-97(124)126-63-80-78-50-31-29-48-76(78)77-49-30-32-51-79(77)80)53-54-87(115)113-101(71-41-23-14-24-42-71,72-43-25-15-26-44-72)73-45-27-16-28-46-73/h11-52,60,62,64-66,80-85,89,103,105H,53-59,61,63H2,1-10H3,(H2,102,117)(H,104,123)(H,106,120)(H,107,116)(H,108,121)(H,109,122)(H,110,119)(H,111,124)(H,112,118)(H,113,115)/b74-60-/t66?,81-,82?,83?,84-,85-,89?/m0/s1. The van der Waals surface area contributed by atoms with Crippen LogP contribution in [0.25, 0.3) is 22.0 Å². The van der Waals surface area contributed by atoms with Crippen molar-refractivity contribution in [3.63, 3.8) is 0 Å². The first-order valence-corrected chi connectivity index (χ1v) is 44.5. The molecule has 0 radical (unpaired) electrons. The molecular weight excluding hydrogens is 1640 g/mol. The van der Waals surface area contributed by atoms with Crippen molar-refractivity contribution in [2.75, 3.05) is 32.2 Å². The van der Waals surface area contributed by atoms with E-state index in [0.717, 1.165) is 55.6 Å². The highest BCUT2D eigenvalue weighted by Gasteiger charge is 2.42. The topological polar surface area (TPSA) is 370 Å². The molecule has 9 aromatic carbocycles. The fourth-order valence-corrected chi connectivity index (χ4v) is 16.6. The van der Waals surface area contributed by atoms with Gasteiger partial charge in [-0.05, 0) is 138 Å². The van der Waals surface area contributed by atoms with Gasteiger partial charge in [-0.2, -0.15) is 11.8 Å². The third-order valence-corrected chi connectivity index (χ3v) is 23.2. The minimum atomic E-state index is -1.63. The normalized spacial score (nSPS) is 13.7. The van der Waals surface area contributed by atoms with Crippen LogP contribution in [0.15, 0.2) is 273 Å². The maximum atomic E-state index is 15.6. The SMILES string of the molecule is CN/C(=C\NC(c1ccccc1)(c1ccccc1)c1ccccc1)C[C@H](NC(=O)CNC(=O)C(NC(=O)C(C)NC(=O)[C@H](Cc1cn(C(=O)OC(C)(C)C)c2ccccc12)NC(=O)C(CCC(=O)NC(c1ccccc1)(c1ccccc1)c1ccccc1)NC(=O)OCC1c2ccccc2-c2ccccc21)C(C)C)C(=O)NC(CC(C)C)C(=O)N[C@@H](CCSC)C(N)=O. The number of hydrogen-bond acceptors (Lipinski definition) is 16. The summed E-state index contributed by atoms with van der Waals surface area (Å²) >= 11 is 1.46. The number of thioether (sulfide) groups is 1. The van der Waals surface area contributed by atoms with Crippen LogP contribution in [0.3, 0.4) is 0 Å². The number of primary amides is 1. The Hall–Kier alpha value is -13.8. The first-order chi connectivity index (χ1) is 61.5. The molecule has 26 nitrogen and oxygen atoms in total. The van der Waals surface area contributed by atoms with E-state index in [1.807, 2.05) is 251 Å². The number of carbonyl (C=O) groups excluding carboxylic acids is 11. The molecule has 10 aromatic rings. The van der Waals surface area contributed by atoms with Crippen LogP contribution in [0.1, 0.15) is 143 Å². The van der Waals surface area contributed by atoms with Crippen molar-refractivity contribution in [2.24, 2.45) is 17.6 Å². The van der Waals surface area contributed by atoms with E-state index < -0.39 is 137 Å². The lowest BCUT2D eigenvalue weighted by molar-refractivity contribution is -0.135. The Kier molecular flexibility index (Phi) is 32.9. The van der Waals surface area contributed by atoms with Gasteiger partial charge < -0.3 is 73.7 Å². The summed E-state index contributed by atoms with van der Waals surface area (Å²) < 4.78 is 13.2. The highest BCUT2D eigenvalue weighted by atomic mass is 32.2. The summed E-state index contributed by atoms with van der Waals surface area (Å²) in [6, 6.07) is 70.3. The van der Waals surface area contributed by atoms with Crippen LogP contribution in [-0.2, 0) is 70.1 Å². The molecule has 7 atom stereocenters. The van der Waals surface area contributed by atoms with Gasteiger partial charge in [-0.25, -0.2) is 9.59 Å². The summed E-state index contributed by atoms with van der Waals surface area (Å²) in [4.78, 5) is 161. The molecule has 1 aliphatic rings. The quantitative estimate of drug-likeness (QED) is 0.0158. The summed E-state index contributed by atoms with van der Waals surface area (Å²) in [7, 11) is 1.65. The number of ether oxygens (including phenoxy) is 2. The number of rotatable bonds is 41. The first kappa shape index (κ1) is 94.8. The predicted octanol–water partition coefficient (Wildman–Crippen LogP) is 11.8. The number of para-hydroxylation sites is 1. The van der Waals surface area contributed by atoms with Crippen LogP contribution >= 0.6 is 11.8 Å². The molecule has 0 saturated heterocycles. The highest BCUT2D eigenvalue weighted by molar-refractivity contribution is 7.98. The van der Waals surface area contributed by atoms with Crippen molar-refractivity contribution in [3.8, 4) is 11.1 Å². The first-order valence-electron chi connectivity index (χ1n) is 43.1. The fraction of sp³-hybridized carbons (Fsp3) is 0.317. The van der Waals surface area contributed by atoms with E-state index in [0.29, 0.717) is 27.9 Å². The molecule has 13 N–H and O–H groups in total. The zero-order chi connectivity index (χ0) is 91.7. The van der Waals surface area contributed by atoms with E-state index in [-0.39, 0.29) is 57.0 Å². The number of nitrogens with zero attached hydrogens (tertiary/aromatic N) is 1. The third kappa shape index (κ3) is 24.0. The third-order valence-electron chi connectivity index (χ3n) is 22.5. The van der Waals surface area contributed by atoms with Gasteiger partial charge in [-0.3, -0.25) is 47.7 Å². The second-order valence-corrected chi connectivity index (χ2v) is 34.6. The summed E-state index contributed by atoms with van der Waals surface area (Å²) in [5, 5.41) is 32.8. The number of nitrogens with one attached hydrogen (secondary N) is 11. The van der Waals surface area contributed by atoms with Crippen LogP contribution in [0.5, 0.6) is 0 Å². The molecule has 1 aliphatic carbocycles. The van der Waals surface area contributed by atoms with Gasteiger partial charge in [0.15, 0.2) is 0 Å². The van der Waals surface area contributed by atoms with Crippen molar-refractivity contribution in [1.82, 2.24) is 63.1 Å². The van der Waals surface area contributed by atoms with Crippen molar-refractivity contribution >= 4 is 88.0 Å². The molecule has 0 fully saturated rings. The minimum absolute atomic E-state index is 0.120. The van der Waals surface area contributed by atoms with Crippen molar-refractivity contribution in [3.05, 3.63) is 323 Å². The van der Waals surface area contributed by atoms with Crippen LogP contribution in [0, 0.1) is 11.8 Å². The van der Waals surface area contributed by atoms with E-state index in [1.54, 1.807) is 72.1 Å². The van der Waals surface area contributed by atoms with Gasteiger partial charge >= 0.3 is 12.2 Å². The summed E-state index contributed by atoms with van der Waals surface area (Å²) in [6.07, 6.45) is 2.36. The molecule has 128 heavy (non-hydrogen) atoms. The summed E-state index contributed by atoms with van der Waals surface area (Å²) in [5.41, 5.74) is 12.3. The van der Waals surface area contributed by atoms with Gasteiger partial charge in [0.2, 0.25) is 53.2 Å². The Morgan fingerprint density at radius 3 is 1.44 bits per heavy atom. The lowest BCUT2D eigenvalue weighted by Gasteiger charge is -2.37. The van der Waals surface area contributed by atoms with E-state index in [2.05, 4.69) is 58.5 Å². The zero-order valence-electron chi connectivity index (χ0n) is 73.8. The lowest BCUT2D eigenvalue weighted by Crippen LogP contribution is -2.59. The van der Waals surface area contributed by atoms with Crippen molar-refractivity contribution < 1.29 is 62.2 Å². The molecule has 0 saturated carbocycles. The van der Waals surface area contributed by atoms with Gasteiger partial charge in [-0.15, -0.1) is 0 Å². The van der Waals surface area contributed by atoms with E-state index >= 15 is 19.2 Å². The Morgan fingerprint density at radius 1 is 0.484 bits per heavy atom. The number of fused-ring (bicyclic) bond motifs is 4. The number of amides is 10. The van der Waals surface area contributed by atoms with Gasteiger partial charge in [0, 0.05) is 55.7 Å². The second-order valence-electron chi connectivity index (χ2n) is 33.6. The molecule has 0 bridgehead atoms. The van der Waals surface area contributed by atoms with Gasteiger partial charge in [0.25, 0.3) is 0 Å². The van der Waals surface area contributed by atoms with E-state index in [1.165, 1.54) is 29.4 Å². The fourth-order valence-electron chi connectivity index (χ4n) is 16.1. The average molecular weight is 1750 g/mol. The molecular formula is C101H115N13O13S. The van der Waals surface area contributed by atoms with Gasteiger partial charge in [-0.1, -0.05) is 276 Å². The minimum Gasteiger partial charge on any atom is -0.449 e. The molecule has 1 heterocycles. The second kappa shape index (κ2) is 44.4. The lowest BCUT2D eigenvalue weighted by atomic mass is 9.77. The maximum absolute atomic E-state index is 15.6. The van der Waals surface area contributed by atoms with E-state index in [9.17, 15) is 33.6 Å². The largest absolute Gasteiger partial charge is 0.449 e. The molecule has 10 amide bonds. The van der Waals surface area contributed by atoms with Crippen molar-refractivity contribution in [1.29, 1.82) is 0 Å². The molecule has 11 rings (SSSR count). The van der Waals surface area contributed by atoms with Gasteiger partial charge in [0.05, 0.1) is 12.1 Å². The number of hydrogen-bond donors (Lipinski definition) is 12.